The van der Waals surface area contributed by atoms with E-state index in [0.29, 0.717) is 0 Å². The summed E-state index contributed by atoms with van der Waals surface area (Å²) in [6.07, 6.45) is 5.53. The molecule has 0 atom stereocenters. The summed E-state index contributed by atoms with van der Waals surface area (Å²) in [5.41, 5.74) is -0.381. The minimum atomic E-state index is -0.381. The summed E-state index contributed by atoms with van der Waals surface area (Å²) in [4.78, 5) is 2.25. The molecule has 2 N–H and O–H groups in total. The SMILES string of the molecule is CNCCCN(C)CC1(O)CCCC1. The maximum absolute atomic E-state index is 10.2. The Kier molecular flexibility index (Phi) is 4.85. The highest BCUT2D eigenvalue weighted by atomic mass is 16.3. The Morgan fingerprint density at radius 2 is 2.00 bits per heavy atom. The summed E-state index contributed by atoms with van der Waals surface area (Å²) in [5, 5.41) is 13.3. The first-order chi connectivity index (χ1) is 6.66. The van der Waals surface area contributed by atoms with Crippen molar-refractivity contribution in [3.05, 3.63) is 0 Å². The van der Waals surface area contributed by atoms with Crippen molar-refractivity contribution < 1.29 is 5.11 Å². The van der Waals surface area contributed by atoms with Gasteiger partial charge in [0, 0.05) is 6.54 Å². The van der Waals surface area contributed by atoms with Crippen LogP contribution in [0.15, 0.2) is 0 Å². The van der Waals surface area contributed by atoms with Gasteiger partial charge < -0.3 is 15.3 Å². The fourth-order valence-corrected chi connectivity index (χ4v) is 2.30. The molecule has 1 fully saturated rings. The third-order valence-corrected chi connectivity index (χ3v) is 3.07. The number of nitrogens with one attached hydrogen (secondary N) is 1. The molecule has 0 saturated heterocycles. The van der Waals surface area contributed by atoms with Gasteiger partial charge in [-0.25, -0.2) is 0 Å². The lowest BCUT2D eigenvalue weighted by Crippen LogP contribution is -2.39. The normalized spacial score (nSPS) is 20.6. The fraction of sp³-hybridized carbons (Fsp3) is 1.00. The summed E-state index contributed by atoms with van der Waals surface area (Å²) in [6, 6.07) is 0. The smallest absolute Gasteiger partial charge is 0.0774 e. The summed E-state index contributed by atoms with van der Waals surface area (Å²) < 4.78 is 0. The molecule has 0 spiro atoms. The Morgan fingerprint density at radius 3 is 2.57 bits per heavy atom. The van der Waals surface area contributed by atoms with Crippen LogP contribution < -0.4 is 5.32 Å². The highest BCUT2D eigenvalue weighted by Gasteiger charge is 2.31. The standard InChI is InChI=1S/C11H24N2O/c1-12-8-5-9-13(2)10-11(14)6-3-4-7-11/h12,14H,3-10H2,1-2H3. The van der Waals surface area contributed by atoms with Gasteiger partial charge in [-0.05, 0) is 46.4 Å². The second-order valence-electron chi connectivity index (χ2n) is 4.63. The van der Waals surface area contributed by atoms with Crippen LogP contribution in [0.5, 0.6) is 0 Å². The van der Waals surface area contributed by atoms with Crippen molar-refractivity contribution in [1.82, 2.24) is 10.2 Å². The van der Waals surface area contributed by atoms with Crippen molar-refractivity contribution in [2.75, 3.05) is 33.7 Å². The summed E-state index contributed by atoms with van der Waals surface area (Å²) in [7, 11) is 4.08. The molecule has 3 nitrogen and oxygen atoms in total. The summed E-state index contributed by atoms with van der Waals surface area (Å²) >= 11 is 0. The van der Waals surface area contributed by atoms with Crippen LogP contribution in [0.3, 0.4) is 0 Å². The van der Waals surface area contributed by atoms with E-state index in [1.807, 2.05) is 7.05 Å². The van der Waals surface area contributed by atoms with Gasteiger partial charge in [0.1, 0.15) is 0 Å². The first kappa shape index (κ1) is 12.0. The molecule has 0 aromatic heterocycles. The Hall–Kier alpha value is -0.120. The molecule has 0 radical (unpaired) electrons. The highest BCUT2D eigenvalue weighted by Crippen LogP contribution is 2.29. The largest absolute Gasteiger partial charge is 0.389 e. The second kappa shape index (κ2) is 5.69. The Balaban J connectivity index is 2.15. The molecule has 0 bridgehead atoms. The minimum absolute atomic E-state index is 0.381. The molecule has 0 aromatic rings. The van der Waals surface area contributed by atoms with Crippen LogP contribution in [-0.2, 0) is 0 Å². The number of rotatable bonds is 6. The molecule has 84 valence electrons. The lowest BCUT2D eigenvalue weighted by atomic mass is 10.0. The van der Waals surface area contributed by atoms with Crippen molar-refractivity contribution >= 4 is 0 Å². The van der Waals surface area contributed by atoms with Crippen molar-refractivity contribution in [2.24, 2.45) is 0 Å². The molecule has 1 aliphatic rings. The molecular formula is C11H24N2O. The highest BCUT2D eigenvalue weighted by molar-refractivity contribution is 4.86. The van der Waals surface area contributed by atoms with Gasteiger partial charge in [0.25, 0.3) is 0 Å². The maximum Gasteiger partial charge on any atom is 0.0774 e. The first-order valence-corrected chi connectivity index (χ1v) is 5.72. The summed E-state index contributed by atoms with van der Waals surface area (Å²) in [6.45, 7) is 2.97. The van der Waals surface area contributed by atoms with Crippen molar-refractivity contribution in [3.8, 4) is 0 Å². The number of likely N-dealkylation sites (N-methyl/N-ethyl adjacent to an activating group) is 1. The molecule has 0 aliphatic heterocycles. The maximum atomic E-state index is 10.2. The molecule has 0 heterocycles. The number of hydrogen-bond donors (Lipinski definition) is 2. The van der Waals surface area contributed by atoms with Crippen LogP contribution in [0.2, 0.25) is 0 Å². The molecule has 1 aliphatic carbocycles. The van der Waals surface area contributed by atoms with Crippen LogP contribution in [0.1, 0.15) is 32.1 Å². The van der Waals surface area contributed by atoms with E-state index in [9.17, 15) is 5.11 Å². The predicted octanol–water partition coefficient (Wildman–Crippen LogP) is 0.833. The molecule has 0 aromatic carbocycles. The molecule has 1 rings (SSSR count). The molecule has 0 amide bonds. The zero-order chi connectivity index (χ0) is 10.4. The van der Waals surface area contributed by atoms with Crippen molar-refractivity contribution in [1.29, 1.82) is 0 Å². The van der Waals surface area contributed by atoms with Crippen LogP contribution in [0.4, 0.5) is 0 Å². The number of nitrogens with zero attached hydrogens (tertiary/aromatic N) is 1. The van der Waals surface area contributed by atoms with E-state index in [4.69, 9.17) is 0 Å². The van der Waals surface area contributed by atoms with E-state index in [2.05, 4.69) is 17.3 Å². The quantitative estimate of drug-likeness (QED) is 0.624. The van der Waals surface area contributed by atoms with Crippen molar-refractivity contribution in [2.45, 2.75) is 37.7 Å². The van der Waals surface area contributed by atoms with E-state index in [1.165, 1.54) is 12.8 Å². The predicted molar refractivity (Wildman–Crippen MR) is 59.5 cm³/mol. The molecule has 1 saturated carbocycles. The van der Waals surface area contributed by atoms with Gasteiger partial charge in [0.2, 0.25) is 0 Å². The third-order valence-electron chi connectivity index (χ3n) is 3.07. The third kappa shape index (κ3) is 3.95. The lowest BCUT2D eigenvalue weighted by molar-refractivity contribution is 0.0163. The van der Waals surface area contributed by atoms with E-state index in [-0.39, 0.29) is 5.60 Å². The zero-order valence-electron chi connectivity index (χ0n) is 9.55. The topological polar surface area (TPSA) is 35.5 Å². The zero-order valence-corrected chi connectivity index (χ0v) is 9.55. The van der Waals surface area contributed by atoms with Gasteiger partial charge in [-0.2, -0.15) is 0 Å². The van der Waals surface area contributed by atoms with Crippen molar-refractivity contribution in [3.63, 3.8) is 0 Å². The van der Waals surface area contributed by atoms with Gasteiger partial charge in [0.05, 0.1) is 5.60 Å². The van der Waals surface area contributed by atoms with Gasteiger partial charge in [-0.1, -0.05) is 12.8 Å². The van der Waals surface area contributed by atoms with Gasteiger partial charge in [0.15, 0.2) is 0 Å². The molecule has 3 heteroatoms. The van der Waals surface area contributed by atoms with E-state index < -0.39 is 0 Å². The Bertz CT molecular complexity index is 155. The number of hydrogen-bond acceptors (Lipinski definition) is 3. The van der Waals surface area contributed by atoms with E-state index >= 15 is 0 Å². The monoisotopic (exact) mass is 200 g/mol. The molecular weight excluding hydrogens is 176 g/mol. The average molecular weight is 200 g/mol. The number of aliphatic hydroxyl groups is 1. The summed E-state index contributed by atoms with van der Waals surface area (Å²) in [5.74, 6) is 0. The van der Waals surface area contributed by atoms with Gasteiger partial charge in [-0.15, -0.1) is 0 Å². The Morgan fingerprint density at radius 1 is 1.36 bits per heavy atom. The van der Waals surface area contributed by atoms with E-state index in [1.54, 1.807) is 0 Å². The van der Waals surface area contributed by atoms with Crippen LogP contribution in [-0.4, -0.2) is 49.3 Å². The Labute approximate surface area is 87.5 Å². The van der Waals surface area contributed by atoms with Crippen LogP contribution in [0, 0.1) is 0 Å². The van der Waals surface area contributed by atoms with Crippen LogP contribution >= 0.6 is 0 Å². The minimum Gasteiger partial charge on any atom is -0.389 e. The fourth-order valence-electron chi connectivity index (χ4n) is 2.30. The average Bonchev–Trinajstić information content (AvgIpc) is 2.52. The van der Waals surface area contributed by atoms with Crippen LogP contribution in [0.25, 0.3) is 0 Å². The van der Waals surface area contributed by atoms with E-state index in [0.717, 1.165) is 38.9 Å². The molecule has 0 unspecified atom stereocenters. The lowest BCUT2D eigenvalue weighted by Gasteiger charge is -2.28. The second-order valence-corrected chi connectivity index (χ2v) is 4.63. The first-order valence-electron chi connectivity index (χ1n) is 5.72. The molecule has 14 heavy (non-hydrogen) atoms. The van der Waals surface area contributed by atoms with Gasteiger partial charge >= 0.3 is 0 Å². The van der Waals surface area contributed by atoms with Gasteiger partial charge in [-0.3, -0.25) is 0 Å².